The van der Waals surface area contributed by atoms with Gasteiger partial charge >= 0.3 is 79.8 Å². The van der Waals surface area contributed by atoms with E-state index >= 15 is 0 Å². The molecule has 3 aliphatic rings. The molecule has 0 radical (unpaired) electrons. The van der Waals surface area contributed by atoms with E-state index in [1.54, 1.807) is 55.6 Å². The summed E-state index contributed by atoms with van der Waals surface area (Å²) in [4.78, 5) is 0. The zero-order chi connectivity index (χ0) is 32.1. The molecular weight excluding hydrogens is 679 g/mol. The van der Waals surface area contributed by atoms with Gasteiger partial charge in [0.1, 0.15) is 0 Å². The van der Waals surface area contributed by atoms with E-state index in [9.17, 15) is 0 Å². The zero-order valence-electron chi connectivity index (χ0n) is 30.1. The maximum Gasteiger partial charge on any atom is -0.0264 e. The predicted molar refractivity (Wildman–Crippen MR) is 192 cm³/mol. The van der Waals surface area contributed by atoms with Crippen molar-refractivity contribution < 1.29 is 49.0 Å². The molecule has 4 atom stereocenters. The molecule has 0 fully saturated rings. The van der Waals surface area contributed by atoms with Crippen molar-refractivity contribution in [1.82, 2.24) is 0 Å². The summed E-state index contributed by atoms with van der Waals surface area (Å²) in [5, 5.41) is 2.93. The summed E-state index contributed by atoms with van der Waals surface area (Å²) >= 11 is 1.67. The molecule has 0 heterocycles. The van der Waals surface area contributed by atoms with E-state index in [1.165, 1.54) is 77.1 Å². The van der Waals surface area contributed by atoms with Crippen LogP contribution in [0.25, 0.3) is 21.9 Å². The van der Waals surface area contributed by atoms with E-state index < -0.39 is 0 Å². The first-order valence-electron chi connectivity index (χ1n) is 17.4. The summed E-state index contributed by atoms with van der Waals surface area (Å²) in [5.41, 5.74) is 13.7. The van der Waals surface area contributed by atoms with Gasteiger partial charge in [-0.2, -0.15) is 17.6 Å². The molecule has 0 N–H and O–H groups in total. The Bertz CT molecular complexity index is 1520. The van der Waals surface area contributed by atoms with Crippen molar-refractivity contribution in [3.05, 3.63) is 99.5 Å². The van der Waals surface area contributed by atoms with Crippen molar-refractivity contribution >= 4 is 14.0 Å². The molecule has 46 heavy (non-hydrogen) atoms. The van der Waals surface area contributed by atoms with E-state index in [4.69, 9.17) is 0 Å². The monoisotopic (exact) mass is 732 g/mol. The second kappa shape index (κ2) is 18.4. The van der Waals surface area contributed by atoms with Crippen molar-refractivity contribution in [3.8, 4) is 11.1 Å². The van der Waals surface area contributed by atoms with Crippen LogP contribution in [-0.2, 0) is 24.2 Å². The first kappa shape index (κ1) is 40.8. The smallest absolute Gasteiger partial charge is 0.0264 e. The molecule has 4 unspecified atom stereocenters. The van der Waals surface area contributed by atoms with Crippen molar-refractivity contribution in [2.24, 2.45) is 11.8 Å². The van der Waals surface area contributed by atoms with Gasteiger partial charge in [0.15, 0.2) is 0 Å². The van der Waals surface area contributed by atoms with Crippen LogP contribution >= 0.6 is 0 Å². The fourth-order valence-corrected chi connectivity index (χ4v) is 8.55. The molecule has 248 valence electrons. The normalized spacial score (nSPS) is 20.0. The van der Waals surface area contributed by atoms with E-state index in [0.717, 1.165) is 6.42 Å². The van der Waals surface area contributed by atoms with Gasteiger partial charge in [-0.15, -0.1) is 17.5 Å². The van der Waals surface area contributed by atoms with Crippen LogP contribution in [0.5, 0.6) is 0 Å². The second-order valence-electron chi connectivity index (χ2n) is 13.7. The second-order valence-corrected chi connectivity index (χ2v) is 15.4. The predicted octanol–water partition coefficient (Wildman–Crippen LogP) is 6.63. The molecule has 3 aromatic carbocycles. The summed E-state index contributed by atoms with van der Waals surface area (Å²) in [7, 11) is 0. The molecule has 0 nitrogen and oxygen atoms in total. The Morgan fingerprint density at radius 1 is 0.870 bits per heavy atom. The number of hydrogen-bond acceptors (Lipinski definition) is 0. The van der Waals surface area contributed by atoms with Crippen molar-refractivity contribution in [2.45, 2.75) is 126 Å². The standard InChI is InChI=1S/C29H33.C9H18.C5H5.2ClH.Zr/c1-14-13-24-25(18(5)15(14)2)21(8)28-27-20(7)17(4)16(3)19(6)26(27)22-11-9-10-12-23(22)29(24)28;1-3-5-7-9-8-6-4-2;1-2-4-5-3-1;;;/h9-13,16-17,19,21H,1-8H3;3-8H2,1-2H3;1-3H,4H2;2*1H;/q-1;;-1;;;+2/p-2. The van der Waals surface area contributed by atoms with Gasteiger partial charge in [0.25, 0.3) is 0 Å². The van der Waals surface area contributed by atoms with E-state index in [0.29, 0.717) is 23.7 Å². The average molecular weight is 735 g/mol. The molecule has 6 rings (SSSR count). The molecule has 0 spiro atoms. The maximum atomic E-state index is 2.99. The first-order chi connectivity index (χ1) is 21.1. The number of hydrogen-bond donors (Lipinski definition) is 0. The third kappa shape index (κ3) is 8.24. The molecule has 3 aromatic rings. The quantitative estimate of drug-likeness (QED) is 0.250. The fourth-order valence-electron chi connectivity index (χ4n) is 7.68. The summed E-state index contributed by atoms with van der Waals surface area (Å²) in [6.07, 6.45) is 18.3. The number of halogens is 2. The van der Waals surface area contributed by atoms with Crippen LogP contribution in [0, 0.1) is 44.6 Å². The zero-order valence-corrected chi connectivity index (χ0v) is 34.1. The molecule has 0 bridgehead atoms. The Balaban J connectivity index is 0.000000362. The van der Waals surface area contributed by atoms with Gasteiger partial charge < -0.3 is 24.8 Å². The van der Waals surface area contributed by atoms with Crippen LogP contribution < -0.4 is 24.8 Å². The van der Waals surface area contributed by atoms with Crippen LogP contribution in [0.1, 0.15) is 144 Å². The van der Waals surface area contributed by atoms with Gasteiger partial charge in [-0.25, -0.2) is 12.2 Å². The largest absolute Gasteiger partial charge is 1.00 e. The summed E-state index contributed by atoms with van der Waals surface area (Å²) in [6.45, 7) is 23.6. The Labute approximate surface area is 309 Å². The summed E-state index contributed by atoms with van der Waals surface area (Å²) < 4.78 is 1.79. The molecule has 3 aliphatic carbocycles. The van der Waals surface area contributed by atoms with Gasteiger partial charge in [0, 0.05) is 0 Å². The van der Waals surface area contributed by atoms with Gasteiger partial charge in [-0.3, -0.25) is 6.08 Å². The minimum atomic E-state index is 0. The molecule has 0 amide bonds. The average Bonchev–Trinajstić information content (AvgIpc) is 3.70. The van der Waals surface area contributed by atoms with Crippen molar-refractivity contribution in [2.75, 3.05) is 0 Å². The van der Waals surface area contributed by atoms with Crippen LogP contribution in [0.2, 0.25) is 0 Å². The van der Waals surface area contributed by atoms with Crippen molar-refractivity contribution in [3.63, 3.8) is 0 Å². The maximum absolute atomic E-state index is 2.99. The molecule has 0 saturated carbocycles. The molecule has 0 aromatic heterocycles. The van der Waals surface area contributed by atoms with E-state index in [2.05, 4.69) is 112 Å². The minimum absolute atomic E-state index is 0. The van der Waals surface area contributed by atoms with Crippen LogP contribution in [0.3, 0.4) is 0 Å². The summed E-state index contributed by atoms with van der Waals surface area (Å²) in [5.74, 6) is 3.94. The third-order valence-electron chi connectivity index (χ3n) is 11.0. The molecule has 0 aliphatic heterocycles. The SMILES string of the molecule is CCCC[C](=[Zr+2])CCCC.Cc1cc2c(c(C)c1C)C(C)c1c3c(c4ccccc4c1-2)C(C)C(C)C(C)[C-]3C.[C-]1=CC=CC1.[Cl-].[Cl-]. The molecule has 0 saturated heterocycles. The Hall–Kier alpha value is -1.40. The topological polar surface area (TPSA) is 0 Å². The number of fused-ring (bicyclic) bond motifs is 8. The third-order valence-corrected chi connectivity index (χ3v) is 12.2. The summed E-state index contributed by atoms with van der Waals surface area (Å²) in [6, 6.07) is 11.7. The van der Waals surface area contributed by atoms with Gasteiger partial charge in [-0.1, -0.05) is 93.7 Å². The Morgan fingerprint density at radius 3 is 2.00 bits per heavy atom. The Morgan fingerprint density at radius 2 is 1.48 bits per heavy atom. The van der Waals surface area contributed by atoms with E-state index in [1.807, 2.05) is 12.2 Å². The first-order valence-corrected chi connectivity index (χ1v) is 18.6. The van der Waals surface area contributed by atoms with Gasteiger partial charge in [-0.05, 0) is 59.9 Å². The molecular formula is C43H56Cl2Zr-2. The van der Waals surface area contributed by atoms with Gasteiger partial charge in [0.05, 0.1) is 0 Å². The number of aryl methyl sites for hydroxylation is 1. The van der Waals surface area contributed by atoms with Crippen LogP contribution in [-0.4, -0.2) is 3.21 Å². The van der Waals surface area contributed by atoms with Gasteiger partial charge in [0.2, 0.25) is 0 Å². The van der Waals surface area contributed by atoms with Crippen LogP contribution in [0.4, 0.5) is 0 Å². The number of benzene rings is 3. The minimum Gasteiger partial charge on any atom is -1.00 e. The van der Waals surface area contributed by atoms with E-state index in [-0.39, 0.29) is 24.8 Å². The number of rotatable bonds is 6. The number of unbranched alkanes of at least 4 members (excludes halogenated alkanes) is 2. The van der Waals surface area contributed by atoms with Crippen LogP contribution in [0.15, 0.2) is 48.6 Å². The molecule has 3 heteroatoms. The fraction of sp³-hybridized carbons (Fsp3) is 0.488. The number of allylic oxidation sites excluding steroid dienone is 4. The Kier molecular flexibility index (Phi) is 16.3. The van der Waals surface area contributed by atoms with Crippen molar-refractivity contribution in [1.29, 1.82) is 0 Å².